The molecule has 20 heavy (non-hydrogen) atoms. The van der Waals surface area contributed by atoms with Gasteiger partial charge < -0.3 is 16.0 Å². The van der Waals surface area contributed by atoms with Crippen molar-refractivity contribution in [2.24, 2.45) is 10.8 Å². The van der Waals surface area contributed by atoms with Crippen molar-refractivity contribution >= 4 is 17.3 Å². The lowest BCUT2D eigenvalue weighted by Crippen LogP contribution is -2.22. The minimum atomic E-state index is -0.0321. The monoisotopic (exact) mass is 275 g/mol. The number of nitrogens with one attached hydrogen (secondary N) is 1. The molecular formula is C16H25N3O. The maximum atomic E-state index is 11.9. The normalized spacial score (nSPS) is 19.5. The van der Waals surface area contributed by atoms with Crippen molar-refractivity contribution < 1.29 is 4.79 Å². The van der Waals surface area contributed by atoms with Gasteiger partial charge in [-0.15, -0.1) is 0 Å². The quantitative estimate of drug-likeness (QED) is 0.834. The molecule has 0 aromatic heterocycles. The van der Waals surface area contributed by atoms with Crippen LogP contribution in [0.1, 0.15) is 38.1 Å². The topological polar surface area (TPSA) is 58.4 Å². The third kappa shape index (κ3) is 2.13. The molecule has 110 valence electrons. The van der Waals surface area contributed by atoms with E-state index in [-0.39, 0.29) is 16.7 Å². The van der Waals surface area contributed by atoms with Crippen LogP contribution in [-0.4, -0.2) is 30.9 Å². The molecule has 1 amide bonds. The number of nitrogens with zero attached hydrogens (tertiary/aromatic N) is 1. The van der Waals surface area contributed by atoms with Crippen LogP contribution in [0, 0.1) is 10.8 Å². The second-order valence-electron chi connectivity index (χ2n) is 7.02. The molecule has 4 heteroatoms. The summed E-state index contributed by atoms with van der Waals surface area (Å²) in [6.45, 7) is 9.02. The number of anilines is 2. The van der Waals surface area contributed by atoms with Crippen LogP contribution in [0.15, 0.2) is 18.2 Å². The maximum Gasteiger partial charge on any atom is 0.253 e. The van der Waals surface area contributed by atoms with Crippen molar-refractivity contribution in [2.45, 2.75) is 33.7 Å². The van der Waals surface area contributed by atoms with E-state index in [0.29, 0.717) is 17.3 Å². The molecular weight excluding hydrogens is 250 g/mol. The summed E-state index contributed by atoms with van der Waals surface area (Å²) in [6, 6.07) is 5.86. The average Bonchev–Trinajstić information content (AvgIpc) is 2.72. The van der Waals surface area contributed by atoms with Gasteiger partial charge in [-0.2, -0.15) is 0 Å². The molecule has 1 aliphatic carbocycles. The SMILES string of the molecule is CN(C)C(=O)c1ccc(NC2C(C)(C)C2(C)C)c(N)c1. The van der Waals surface area contributed by atoms with Crippen LogP contribution in [0.25, 0.3) is 0 Å². The second kappa shape index (κ2) is 4.40. The molecule has 0 atom stereocenters. The number of hydrogen-bond donors (Lipinski definition) is 2. The Morgan fingerprint density at radius 2 is 1.75 bits per heavy atom. The molecule has 0 radical (unpaired) electrons. The van der Waals surface area contributed by atoms with Gasteiger partial charge in [0.05, 0.1) is 11.4 Å². The van der Waals surface area contributed by atoms with Gasteiger partial charge in [-0.25, -0.2) is 0 Å². The Balaban J connectivity index is 2.18. The van der Waals surface area contributed by atoms with Crippen molar-refractivity contribution in [2.75, 3.05) is 25.1 Å². The summed E-state index contributed by atoms with van der Waals surface area (Å²) in [5.74, 6) is -0.0321. The van der Waals surface area contributed by atoms with E-state index in [1.165, 1.54) is 0 Å². The molecule has 1 aliphatic rings. The first kappa shape index (κ1) is 14.7. The second-order valence-corrected chi connectivity index (χ2v) is 7.02. The highest BCUT2D eigenvalue weighted by molar-refractivity contribution is 5.95. The number of hydrogen-bond acceptors (Lipinski definition) is 3. The summed E-state index contributed by atoms with van der Waals surface area (Å²) in [5.41, 5.74) is 8.72. The molecule has 1 aromatic rings. The van der Waals surface area contributed by atoms with Crippen LogP contribution in [0.4, 0.5) is 11.4 Å². The van der Waals surface area contributed by atoms with Crippen molar-refractivity contribution in [1.29, 1.82) is 0 Å². The van der Waals surface area contributed by atoms with Crippen molar-refractivity contribution in [3.05, 3.63) is 23.8 Å². The molecule has 4 nitrogen and oxygen atoms in total. The Morgan fingerprint density at radius 1 is 1.20 bits per heavy atom. The van der Waals surface area contributed by atoms with Gasteiger partial charge in [-0.1, -0.05) is 27.7 Å². The van der Waals surface area contributed by atoms with E-state index in [1.807, 2.05) is 12.1 Å². The van der Waals surface area contributed by atoms with Gasteiger partial charge >= 0.3 is 0 Å². The lowest BCUT2D eigenvalue weighted by atomic mass is 10.0. The molecule has 0 spiro atoms. The van der Waals surface area contributed by atoms with E-state index in [4.69, 9.17) is 5.73 Å². The minimum Gasteiger partial charge on any atom is -0.397 e. The van der Waals surface area contributed by atoms with Gasteiger partial charge in [-0.05, 0) is 29.0 Å². The fraction of sp³-hybridized carbons (Fsp3) is 0.562. The van der Waals surface area contributed by atoms with Crippen LogP contribution in [0.5, 0.6) is 0 Å². The van der Waals surface area contributed by atoms with E-state index < -0.39 is 0 Å². The summed E-state index contributed by atoms with van der Waals surface area (Å²) in [7, 11) is 3.47. The van der Waals surface area contributed by atoms with E-state index >= 15 is 0 Å². The fourth-order valence-corrected chi connectivity index (χ4v) is 2.80. The summed E-state index contributed by atoms with van der Waals surface area (Å²) in [6.07, 6.45) is 0. The number of nitrogens with two attached hydrogens (primary N) is 1. The number of nitrogen functional groups attached to an aromatic ring is 1. The van der Waals surface area contributed by atoms with Gasteiger partial charge in [-0.3, -0.25) is 4.79 Å². The molecule has 3 N–H and O–H groups in total. The van der Waals surface area contributed by atoms with Gasteiger partial charge in [0.25, 0.3) is 5.91 Å². The Hall–Kier alpha value is -1.71. The van der Waals surface area contributed by atoms with Crippen LogP contribution < -0.4 is 11.1 Å². The van der Waals surface area contributed by atoms with Crippen molar-refractivity contribution in [3.63, 3.8) is 0 Å². The molecule has 1 saturated carbocycles. The Kier molecular flexibility index (Phi) is 3.23. The number of carbonyl (C=O) groups is 1. The summed E-state index contributed by atoms with van der Waals surface area (Å²) in [4.78, 5) is 13.4. The first-order chi connectivity index (χ1) is 9.09. The first-order valence-electron chi connectivity index (χ1n) is 6.96. The Labute approximate surface area is 121 Å². The highest BCUT2D eigenvalue weighted by atomic mass is 16.2. The highest BCUT2D eigenvalue weighted by Gasteiger charge is 2.64. The maximum absolute atomic E-state index is 11.9. The van der Waals surface area contributed by atoms with E-state index in [1.54, 1.807) is 25.1 Å². The number of amides is 1. The zero-order chi connectivity index (χ0) is 15.3. The van der Waals surface area contributed by atoms with Gasteiger partial charge in [0.2, 0.25) is 0 Å². The summed E-state index contributed by atoms with van der Waals surface area (Å²) < 4.78 is 0. The third-order valence-corrected chi connectivity index (χ3v) is 5.03. The molecule has 0 unspecified atom stereocenters. The zero-order valence-corrected chi connectivity index (χ0v) is 13.2. The van der Waals surface area contributed by atoms with Crippen molar-refractivity contribution in [1.82, 2.24) is 4.90 Å². The van der Waals surface area contributed by atoms with Gasteiger partial charge in [0, 0.05) is 25.7 Å². The van der Waals surface area contributed by atoms with Crippen LogP contribution in [0.3, 0.4) is 0 Å². The molecule has 0 bridgehead atoms. The highest BCUT2D eigenvalue weighted by Crippen LogP contribution is 2.63. The standard InChI is InChI=1S/C16H25N3O/c1-15(2)14(16(15,3)4)18-12-8-7-10(9-11(12)17)13(20)19(5)6/h7-9,14,18H,17H2,1-6H3. The Bertz CT molecular complexity index is 533. The largest absolute Gasteiger partial charge is 0.397 e. The van der Waals surface area contributed by atoms with Gasteiger partial charge in [0.1, 0.15) is 0 Å². The molecule has 1 aromatic carbocycles. The lowest BCUT2D eigenvalue weighted by molar-refractivity contribution is 0.0827. The van der Waals surface area contributed by atoms with Crippen LogP contribution in [-0.2, 0) is 0 Å². The predicted molar refractivity (Wildman–Crippen MR) is 83.8 cm³/mol. The van der Waals surface area contributed by atoms with E-state index in [9.17, 15) is 4.79 Å². The fourth-order valence-electron chi connectivity index (χ4n) is 2.80. The Morgan fingerprint density at radius 3 is 2.15 bits per heavy atom. The summed E-state index contributed by atoms with van der Waals surface area (Å²) >= 11 is 0. The van der Waals surface area contributed by atoms with Gasteiger partial charge in [0.15, 0.2) is 0 Å². The number of rotatable bonds is 3. The molecule has 1 fully saturated rings. The predicted octanol–water partition coefficient (Wildman–Crippen LogP) is 2.82. The third-order valence-electron chi connectivity index (χ3n) is 5.03. The van der Waals surface area contributed by atoms with E-state index in [2.05, 4.69) is 33.0 Å². The lowest BCUT2D eigenvalue weighted by Gasteiger charge is -2.14. The molecule has 0 saturated heterocycles. The average molecular weight is 275 g/mol. The van der Waals surface area contributed by atoms with Crippen LogP contribution in [0.2, 0.25) is 0 Å². The van der Waals surface area contributed by atoms with Crippen molar-refractivity contribution in [3.8, 4) is 0 Å². The smallest absolute Gasteiger partial charge is 0.253 e. The number of benzene rings is 1. The molecule has 0 heterocycles. The summed E-state index contributed by atoms with van der Waals surface area (Å²) in [5, 5.41) is 3.51. The first-order valence-corrected chi connectivity index (χ1v) is 6.96. The molecule has 2 rings (SSSR count). The van der Waals surface area contributed by atoms with E-state index in [0.717, 1.165) is 5.69 Å². The number of carbonyl (C=O) groups excluding carboxylic acids is 1. The molecule has 0 aliphatic heterocycles. The van der Waals surface area contributed by atoms with Crippen LogP contribution >= 0.6 is 0 Å². The zero-order valence-electron chi connectivity index (χ0n) is 13.2. The minimum absolute atomic E-state index is 0.0321.